The van der Waals surface area contributed by atoms with Crippen LogP contribution in [0.4, 0.5) is 0 Å². The van der Waals surface area contributed by atoms with Gasteiger partial charge in [-0.15, -0.1) is 0 Å². The number of nitrogens with one attached hydrogen (secondary N) is 3. The Balaban J connectivity index is 1.26. The highest BCUT2D eigenvalue weighted by Crippen LogP contribution is 2.25. The van der Waals surface area contributed by atoms with Crippen LogP contribution in [0.3, 0.4) is 0 Å². The molecule has 2 saturated heterocycles. The summed E-state index contributed by atoms with van der Waals surface area (Å²) in [5.41, 5.74) is 2.60. The van der Waals surface area contributed by atoms with Gasteiger partial charge in [-0.2, -0.15) is 0 Å². The van der Waals surface area contributed by atoms with Crippen LogP contribution in [0, 0.1) is 0 Å². The summed E-state index contributed by atoms with van der Waals surface area (Å²) in [6, 6.07) is 10.2. The van der Waals surface area contributed by atoms with E-state index in [4.69, 9.17) is 0 Å². The number of hydrogen-bond acceptors (Lipinski definition) is 3. The normalized spacial score (nSPS) is 23.5. The first kappa shape index (κ1) is 19.4. The number of para-hydroxylation sites is 1. The molecule has 3 N–H and O–H groups in total. The maximum atomic E-state index is 13.1. The fourth-order valence-corrected chi connectivity index (χ4v) is 4.75. The fraction of sp³-hybridized carbons (Fsp3) is 0.348. The van der Waals surface area contributed by atoms with Crippen LogP contribution in [0.5, 0.6) is 0 Å². The number of carbonyl (C=O) groups excluding carboxylic acids is 3. The number of rotatable bonds is 4. The van der Waals surface area contributed by atoms with E-state index in [0.29, 0.717) is 31.5 Å². The van der Waals surface area contributed by atoms with Crippen LogP contribution in [0.2, 0.25) is 0 Å². The molecule has 0 saturated carbocycles. The number of hydrogen-bond donors (Lipinski definition) is 3. The Bertz CT molecular complexity index is 1160. The van der Waals surface area contributed by atoms with Gasteiger partial charge in [-0.1, -0.05) is 18.2 Å². The summed E-state index contributed by atoms with van der Waals surface area (Å²) >= 11 is 0. The highest BCUT2D eigenvalue weighted by molar-refractivity contribution is 5.98. The van der Waals surface area contributed by atoms with E-state index in [0.717, 1.165) is 16.5 Å². The lowest BCUT2D eigenvalue weighted by Crippen LogP contribution is -2.67. The van der Waals surface area contributed by atoms with Crippen molar-refractivity contribution >= 4 is 28.6 Å². The zero-order chi connectivity index (χ0) is 21.5. The molecule has 31 heavy (non-hydrogen) atoms. The highest BCUT2D eigenvalue weighted by Gasteiger charge is 2.44. The average Bonchev–Trinajstić information content (AvgIpc) is 3.38. The van der Waals surface area contributed by atoms with Gasteiger partial charge in [0.2, 0.25) is 11.8 Å². The minimum atomic E-state index is -0.572. The van der Waals surface area contributed by atoms with Crippen LogP contribution in [0.15, 0.2) is 48.8 Å². The van der Waals surface area contributed by atoms with Crippen molar-refractivity contribution in [1.29, 1.82) is 0 Å². The first-order chi connectivity index (χ1) is 15.0. The van der Waals surface area contributed by atoms with Gasteiger partial charge in [-0.3, -0.25) is 14.4 Å². The number of amides is 3. The van der Waals surface area contributed by atoms with Crippen molar-refractivity contribution in [2.24, 2.45) is 7.05 Å². The molecule has 160 valence electrons. The van der Waals surface area contributed by atoms with Crippen LogP contribution < -0.4 is 10.6 Å². The van der Waals surface area contributed by atoms with E-state index in [2.05, 4.69) is 15.6 Å². The number of benzene rings is 1. The Hall–Kier alpha value is -3.55. The summed E-state index contributed by atoms with van der Waals surface area (Å²) in [5, 5.41) is 7.00. The molecular formula is C23H25N5O3. The fourth-order valence-electron chi connectivity index (χ4n) is 4.75. The molecular weight excluding hydrogens is 394 g/mol. The molecule has 2 aliphatic heterocycles. The van der Waals surface area contributed by atoms with Crippen molar-refractivity contribution in [2.45, 2.75) is 37.4 Å². The Kier molecular flexibility index (Phi) is 4.77. The largest absolute Gasteiger partial charge is 0.361 e. The van der Waals surface area contributed by atoms with Crippen molar-refractivity contribution in [3.63, 3.8) is 0 Å². The predicted molar refractivity (Wildman–Crippen MR) is 115 cm³/mol. The number of fused-ring (bicyclic) bond motifs is 2. The van der Waals surface area contributed by atoms with Crippen molar-refractivity contribution in [1.82, 2.24) is 25.1 Å². The van der Waals surface area contributed by atoms with Crippen LogP contribution in [0.25, 0.3) is 10.9 Å². The van der Waals surface area contributed by atoms with E-state index in [1.165, 1.54) is 0 Å². The van der Waals surface area contributed by atoms with E-state index in [-0.39, 0.29) is 23.8 Å². The molecule has 1 aromatic carbocycles. The molecule has 2 aromatic heterocycles. The first-order valence-electron chi connectivity index (χ1n) is 10.6. The van der Waals surface area contributed by atoms with Gasteiger partial charge in [0.1, 0.15) is 17.8 Å². The molecule has 0 radical (unpaired) electrons. The van der Waals surface area contributed by atoms with Gasteiger partial charge in [-0.25, -0.2) is 0 Å². The van der Waals surface area contributed by atoms with Crippen LogP contribution >= 0.6 is 0 Å². The van der Waals surface area contributed by atoms with Gasteiger partial charge in [0.25, 0.3) is 5.91 Å². The van der Waals surface area contributed by atoms with E-state index < -0.39 is 12.1 Å². The van der Waals surface area contributed by atoms with Crippen LogP contribution in [-0.2, 0) is 23.1 Å². The number of piperidine rings is 1. The van der Waals surface area contributed by atoms with E-state index in [1.54, 1.807) is 15.5 Å². The second-order valence-corrected chi connectivity index (χ2v) is 8.37. The van der Waals surface area contributed by atoms with E-state index >= 15 is 0 Å². The third kappa shape index (κ3) is 3.48. The Labute approximate surface area is 179 Å². The lowest BCUT2D eigenvalue weighted by atomic mass is 9.91. The Morgan fingerprint density at radius 3 is 2.84 bits per heavy atom. The molecule has 0 spiro atoms. The third-order valence-electron chi connectivity index (χ3n) is 6.41. The van der Waals surface area contributed by atoms with Gasteiger partial charge in [0.15, 0.2) is 0 Å². The van der Waals surface area contributed by atoms with Gasteiger partial charge < -0.3 is 25.1 Å². The monoisotopic (exact) mass is 419 g/mol. The first-order valence-corrected chi connectivity index (χ1v) is 10.6. The Morgan fingerprint density at radius 2 is 2.03 bits per heavy atom. The maximum Gasteiger partial charge on any atom is 0.268 e. The number of piperazine rings is 1. The van der Waals surface area contributed by atoms with Gasteiger partial charge in [0, 0.05) is 49.4 Å². The molecule has 4 heterocycles. The lowest BCUT2D eigenvalue weighted by Gasteiger charge is -2.44. The number of H-pyrrole nitrogens is 1. The van der Waals surface area contributed by atoms with E-state index in [9.17, 15) is 14.4 Å². The molecule has 8 nitrogen and oxygen atoms in total. The number of carbonyl (C=O) groups is 3. The number of aromatic nitrogens is 2. The van der Waals surface area contributed by atoms with Gasteiger partial charge >= 0.3 is 0 Å². The average molecular weight is 419 g/mol. The second-order valence-electron chi connectivity index (χ2n) is 8.37. The molecule has 2 fully saturated rings. The number of aryl methyl sites for hydroxylation is 1. The van der Waals surface area contributed by atoms with Crippen molar-refractivity contribution in [3.05, 3.63) is 60.0 Å². The van der Waals surface area contributed by atoms with Gasteiger partial charge in [-0.05, 0) is 36.6 Å². The minimum Gasteiger partial charge on any atom is -0.361 e. The minimum absolute atomic E-state index is 0.0536. The van der Waals surface area contributed by atoms with Crippen LogP contribution in [-0.4, -0.2) is 56.8 Å². The zero-order valence-electron chi connectivity index (χ0n) is 17.3. The summed E-state index contributed by atoms with van der Waals surface area (Å²) < 4.78 is 1.76. The molecule has 3 atom stereocenters. The zero-order valence-corrected chi connectivity index (χ0v) is 17.3. The quantitative estimate of drug-likeness (QED) is 0.595. The molecule has 0 bridgehead atoms. The molecule has 3 amide bonds. The second kappa shape index (κ2) is 7.61. The smallest absolute Gasteiger partial charge is 0.268 e. The third-order valence-corrected chi connectivity index (χ3v) is 6.41. The predicted octanol–water partition coefficient (Wildman–Crippen LogP) is 1.34. The molecule has 3 unspecified atom stereocenters. The molecule has 0 aliphatic carbocycles. The standard InChI is InChI=1S/C23H25N5O3/c1-27-9-4-7-19(27)21(29)25-15-8-10-28-20(12-15)22(30)26-18(23(28)31)11-14-13-24-17-6-3-2-5-16(14)17/h2-7,9,13,15,18,20,24H,8,10-12H2,1H3,(H,25,29)(H,26,30). The summed E-state index contributed by atoms with van der Waals surface area (Å²) in [6.07, 6.45) is 5.23. The van der Waals surface area contributed by atoms with Crippen LogP contribution in [0.1, 0.15) is 28.9 Å². The Morgan fingerprint density at radius 1 is 1.19 bits per heavy atom. The van der Waals surface area contributed by atoms with Crippen molar-refractivity contribution in [2.75, 3.05) is 6.54 Å². The number of nitrogens with zero attached hydrogens (tertiary/aromatic N) is 2. The molecule has 8 heteroatoms. The lowest BCUT2D eigenvalue weighted by molar-refractivity contribution is -0.151. The topological polar surface area (TPSA) is 99.2 Å². The molecule has 2 aliphatic rings. The van der Waals surface area contributed by atoms with Gasteiger partial charge in [0.05, 0.1) is 0 Å². The summed E-state index contributed by atoms with van der Waals surface area (Å²) in [4.78, 5) is 43.4. The highest BCUT2D eigenvalue weighted by atomic mass is 16.2. The number of aromatic amines is 1. The summed E-state index contributed by atoms with van der Waals surface area (Å²) in [6.45, 7) is 0.458. The maximum absolute atomic E-state index is 13.1. The molecule has 5 rings (SSSR count). The SMILES string of the molecule is Cn1cccc1C(=O)NC1CCN2C(=O)C(Cc3c[nH]c4ccccc34)NC(=O)C2C1. The van der Waals surface area contributed by atoms with Crippen molar-refractivity contribution in [3.8, 4) is 0 Å². The summed E-state index contributed by atoms with van der Waals surface area (Å²) in [5.74, 6) is -0.366. The van der Waals surface area contributed by atoms with Crippen molar-refractivity contribution < 1.29 is 14.4 Å². The molecule has 3 aromatic rings. The summed E-state index contributed by atoms with van der Waals surface area (Å²) in [7, 11) is 1.82. The van der Waals surface area contributed by atoms with E-state index in [1.807, 2.05) is 49.8 Å².